The number of hydrogen-bond acceptors (Lipinski definition) is 12. The van der Waals surface area contributed by atoms with Gasteiger partial charge in [-0.25, -0.2) is 9.59 Å². The minimum atomic E-state index is -0.929. The summed E-state index contributed by atoms with van der Waals surface area (Å²) in [7, 11) is 8.45. The van der Waals surface area contributed by atoms with Gasteiger partial charge in [0.15, 0.2) is 23.0 Å². The summed E-state index contributed by atoms with van der Waals surface area (Å²) in [6, 6.07) is 5.64. The second kappa shape index (κ2) is 14.6. The molecule has 0 heterocycles. The SMILES string of the molecule is [CH2]CCC[C](OOC(=O)c1cc(OC)c(OC)cc1OC)OOC(=O)c1cc(OC)c(OC)cc1OC. The number of hydrogen-bond donors (Lipinski definition) is 0. The van der Waals surface area contributed by atoms with Gasteiger partial charge in [0.1, 0.15) is 22.6 Å². The lowest BCUT2D eigenvalue weighted by Gasteiger charge is -2.16. The molecule has 202 valence electrons. The van der Waals surface area contributed by atoms with E-state index >= 15 is 0 Å². The highest BCUT2D eigenvalue weighted by molar-refractivity contribution is 5.94. The third kappa shape index (κ3) is 7.54. The number of rotatable bonds is 15. The van der Waals surface area contributed by atoms with E-state index in [-0.39, 0.29) is 46.8 Å². The summed E-state index contributed by atoms with van der Waals surface area (Å²) < 4.78 is 31.3. The zero-order valence-electron chi connectivity index (χ0n) is 21.5. The second-order valence-electron chi connectivity index (χ2n) is 7.05. The Morgan fingerprint density at radius 1 is 0.568 bits per heavy atom. The molecular formula is C25H30O12. The second-order valence-corrected chi connectivity index (χ2v) is 7.05. The van der Waals surface area contributed by atoms with E-state index in [1.165, 1.54) is 66.9 Å². The average Bonchev–Trinajstić information content (AvgIpc) is 2.94. The average molecular weight is 523 g/mol. The maximum atomic E-state index is 12.7. The fraction of sp³-hybridized carbons (Fsp3) is 0.360. The van der Waals surface area contributed by atoms with Crippen LogP contribution < -0.4 is 28.4 Å². The lowest BCUT2D eigenvalue weighted by atomic mass is 10.1. The van der Waals surface area contributed by atoms with Crippen molar-refractivity contribution in [2.45, 2.75) is 19.3 Å². The molecule has 12 nitrogen and oxygen atoms in total. The predicted octanol–water partition coefficient (Wildman–Crippen LogP) is 4.11. The maximum Gasteiger partial charge on any atom is 0.377 e. The van der Waals surface area contributed by atoms with Gasteiger partial charge in [0.2, 0.25) is 0 Å². The number of methoxy groups -OCH3 is 6. The fourth-order valence-electron chi connectivity index (χ4n) is 3.00. The van der Waals surface area contributed by atoms with Gasteiger partial charge in [0.25, 0.3) is 0 Å². The minimum Gasteiger partial charge on any atom is -0.496 e. The molecule has 37 heavy (non-hydrogen) atoms. The Morgan fingerprint density at radius 2 is 0.919 bits per heavy atom. The van der Waals surface area contributed by atoms with Gasteiger partial charge >= 0.3 is 18.2 Å². The summed E-state index contributed by atoms with van der Waals surface area (Å²) in [5.41, 5.74) is -0.0209. The predicted molar refractivity (Wildman–Crippen MR) is 128 cm³/mol. The van der Waals surface area contributed by atoms with Gasteiger partial charge in [-0.3, -0.25) is 9.78 Å². The molecule has 0 saturated carbocycles. The number of carbonyl (C=O) groups is 2. The molecule has 0 bridgehead atoms. The van der Waals surface area contributed by atoms with E-state index in [1.54, 1.807) is 0 Å². The lowest BCUT2D eigenvalue weighted by molar-refractivity contribution is -0.363. The molecule has 0 amide bonds. The summed E-state index contributed by atoms with van der Waals surface area (Å²) in [4.78, 5) is 45.3. The van der Waals surface area contributed by atoms with Crippen molar-refractivity contribution in [2.75, 3.05) is 42.7 Å². The fourth-order valence-corrected chi connectivity index (χ4v) is 3.00. The maximum absolute atomic E-state index is 12.7. The van der Waals surface area contributed by atoms with Crippen LogP contribution in [0.5, 0.6) is 34.5 Å². The van der Waals surface area contributed by atoms with E-state index in [1.807, 2.05) is 0 Å². The topological polar surface area (TPSA) is 126 Å². The highest BCUT2D eigenvalue weighted by Crippen LogP contribution is 2.36. The van der Waals surface area contributed by atoms with Crippen molar-refractivity contribution < 1.29 is 57.6 Å². The van der Waals surface area contributed by atoms with Crippen molar-refractivity contribution in [1.82, 2.24) is 0 Å². The van der Waals surface area contributed by atoms with Crippen LogP contribution in [0.1, 0.15) is 40.0 Å². The molecule has 0 aromatic heterocycles. The summed E-state index contributed by atoms with van der Waals surface area (Å²) >= 11 is 0. The molecule has 0 fully saturated rings. The standard InChI is InChI=1S/C25H30O12/c1-8-9-10-23(34-36-24(26)15-11-19(30-4)21(32-6)13-17(15)28-2)35-37-25(27)16-12-20(31-5)22(33-7)14-18(16)29-3/h11-14H,1,8-10H2,2-7H3. The smallest absolute Gasteiger partial charge is 0.377 e. The first kappa shape index (κ1) is 29.3. The Balaban J connectivity index is 2.14. The molecule has 0 saturated heterocycles. The van der Waals surface area contributed by atoms with Gasteiger partial charge < -0.3 is 28.4 Å². The summed E-state index contributed by atoms with van der Waals surface area (Å²) in [5, 5.41) is 0. The van der Waals surface area contributed by atoms with Crippen LogP contribution in [-0.4, -0.2) is 54.6 Å². The molecule has 0 aliphatic rings. The van der Waals surface area contributed by atoms with Crippen LogP contribution in [0.4, 0.5) is 0 Å². The van der Waals surface area contributed by atoms with Gasteiger partial charge in [-0.2, -0.15) is 0 Å². The first-order chi connectivity index (χ1) is 17.9. The van der Waals surface area contributed by atoms with Crippen LogP contribution in [0, 0.1) is 13.2 Å². The normalized spacial score (nSPS) is 10.5. The third-order valence-corrected chi connectivity index (χ3v) is 4.90. The lowest BCUT2D eigenvalue weighted by Crippen LogP contribution is -2.17. The first-order valence-electron chi connectivity index (χ1n) is 10.9. The Morgan fingerprint density at radius 3 is 1.24 bits per heavy atom. The first-order valence-corrected chi connectivity index (χ1v) is 10.9. The Hall–Kier alpha value is -3.90. The van der Waals surface area contributed by atoms with E-state index < -0.39 is 11.9 Å². The molecule has 2 rings (SSSR count). The minimum absolute atomic E-state index is 0.0104. The zero-order valence-corrected chi connectivity index (χ0v) is 21.5. The zero-order chi connectivity index (χ0) is 27.4. The van der Waals surface area contributed by atoms with Gasteiger partial charge in [-0.1, -0.05) is 13.3 Å². The van der Waals surface area contributed by atoms with Crippen molar-refractivity contribution in [1.29, 1.82) is 0 Å². The Kier molecular flexibility index (Phi) is 11.6. The molecule has 2 aromatic rings. The quantitative estimate of drug-likeness (QED) is 0.247. The van der Waals surface area contributed by atoms with Gasteiger partial charge in [0.05, 0.1) is 42.7 Å². The van der Waals surface area contributed by atoms with Crippen molar-refractivity contribution in [3.05, 3.63) is 48.6 Å². The number of benzene rings is 2. The van der Waals surface area contributed by atoms with E-state index in [9.17, 15) is 9.59 Å². The Labute approximate surface area is 215 Å². The molecule has 2 radical (unpaired) electrons. The van der Waals surface area contributed by atoms with Crippen molar-refractivity contribution >= 4 is 11.9 Å². The highest BCUT2D eigenvalue weighted by atomic mass is 17.3. The molecule has 0 atom stereocenters. The van der Waals surface area contributed by atoms with Gasteiger partial charge in [-0.05, 0) is 6.42 Å². The molecular weight excluding hydrogens is 492 g/mol. The van der Waals surface area contributed by atoms with Crippen molar-refractivity contribution in [2.24, 2.45) is 0 Å². The summed E-state index contributed by atoms with van der Waals surface area (Å²) in [6.07, 6.45) is 0.787. The van der Waals surface area contributed by atoms with E-state index in [0.29, 0.717) is 24.3 Å². The highest BCUT2D eigenvalue weighted by Gasteiger charge is 2.26. The van der Waals surface area contributed by atoms with Gasteiger partial charge in [0, 0.05) is 30.7 Å². The molecule has 0 aliphatic heterocycles. The molecule has 2 aromatic carbocycles. The van der Waals surface area contributed by atoms with Crippen LogP contribution in [0.3, 0.4) is 0 Å². The van der Waals surface area contributed by atoms with Crippen LogP contribution in [0.25, 0.3) is 0 Å². The summed E-state index contributed by atoms with van der Waals surface area (Å²) in [5.74, 6) is -0.323. The molecule has 0 aliphatic carbocycles. The number of ether oxygens (including phenoxy) is 6. The number of unbranched alkanes of at least 4 members (excludes halogenated alkanes) is 1. The summed E-state index contributed by atoms with van der Waals surface area (Å²) in [6.45, 7) is 3.73. The number of carbonyl (C=O) groups excluding carboxylic acids is 2. The monoisotopic (exact) mass is 522 g/mol. The molecule has 0 spiro atoms. The molecule has 0 N–H and O–H groups in total. The molecule has 0 unspecified atom stereocenters. The van der Waals surface area contributed by atoms with Crippen LogP contribution in [0.2, 0.25) is 0 Å². The van der Waals surface area contributed by atoms with Gasteiger partial charge in [-0.15, -0.1) is 9.78 Å². The Bertz CT molecular complexity index is 973. The molecule has 12 heteroatoms. The van der Waals surface area contributed by atoms with Crippen LogP contribution in [-0.2, 0) is 19.6 Å². The van der Waals surface area contributed by atoms with Crippen LogP contribution >= 0.6 is 0 Å². The van der Waals surface area contributed by atoms with Crippen LogP contribution in [0.15, 0.2) is 24.3 Å². The van der Waals surface area contributed by atoms with E-state index in [2.05, 4.69) is 6.92 Å². The van der Waals surface area contributed by atoms with Crippen molar-refractivity contribution in [3.63, 3.8) is 0 Å². The van der Waals surface area contributed by atoms with Crippen molar-refractivity contribution in [3.8, 4) is 34.5 Å². The van der Waals surface area contributed by atoms with E-state index in [0.717, 1.165) is 0 Å². The third-order valence-electron chi connectivity index (χ3n) is 4.90. The largest absolute Gasteiger partial charge is 0.496 e. The van der Waals surface area contributed by atoms with E-state index in [4.69, 9.17) is 48.0 Å².